The molecule has 90 valence electrons. The number of hydrogen-bond acceptors (Lipinski definition) is 4. The van der Waals surface area contributed by atoms with Crippen LogP contribution in [0.5, 0.6) is 0 Å². The molecular weight excluding hydrogens is 228 g/mol. The zero-order valence-electron chi connectivity index (χ0n) is 9.67. The molecule has 16 heavy (non-hydrogen) atoms. The van der Waals surface area contributed by atoms with Crippen LogP contribution in [0.15, 0.2) is 11.1 Å². The van der Waals surface area contributed by atoms with Crippen LogP contribution in [0.4, 0.5) is 5.82 Å². The molecule has 6 heteroatoms. The highest BCUT2D eigenvalue weighted by Crippen LogP contribution is 2.23. The molecule has 0 saturated carbocycles. The monoisotopic (exact) mass is 244 g/mol. The molecule has 0 aliphatic carbocycles. The van der Waals surface area contributed by atoms with Gasteiger partial charge in [0.2, 0.25) is 0 Å². The van der Waals surface area contributed by atoms with E-state index in [9.17, 15) is 4.79 Å². The molecule has 5 nitrogen and oxygen atoms in total. The van der Waals surface area contributed by atoms with E-state index in [1.807, 2.05) is 20.8 Å². The zero-order chi connectivity index (χ0) is 12.3. The molecule has 0 radical (unpaired) electrons. The van der Waals surface area contributed by atoms with Crippen LogP contribution < -0.4 is 16.6 Å². The van der Waals surface area contributed by atoms with Crippen LogP contribution in [0.25, 0.3) is 0 Å². The van der Waals surface area contributed by atoms with E-state index in [1.165, 1.54) is 6.33 Å². The summed E-state index contributed by atoms with van der Waals surface area (Å²) < 4.78 is 0. The average Bonchev–Trinajstić information content (AvgIpc) is 2.24. The molecule has 1 heterocycles. The third-order valence-corrected chi connectivity index (χ3v) is 3.25. The fourth-order valence-corrected chi connectivity index (χ4v) is 1.32. The Morgan fingerprint density at radius 2 is 2.31 bits per heavy atom. The van der Waals surface area contributed by atoms with Gasteiger partial charge in [0.25, 0.3) is 5.56 Å². The maximum atomic E-state index is 11.3. The molecule has 0 saturated heterocycles. The van der Waals surface area contributed by atoms with E-state index in [4.69, 9.17) is 17.3 Å². The van der Waals surface area contributed by atoms with Crippen LogP contribution >= 0.6 is 11.6 Å². The summed E-state index contributed by atoms with van der Waals surface area (Å²) in [6, 6.07) is 0. The molecule has 0 bridgehead atoms. The summed E-state index contributed by atoms with van der Waals surface area (Å²) in [7, 11) is 0. The van der Waals surface area contributed by atoms with Crippen molar-refractivity contribution in [2.75, 3.05) is 11.9 Å². The second-order valence-corrected chi connectivity index (χ2v) is 4.67. The van der Waals surface area contributed by atoms with Crippen molar-refractivity contribution in [1.82, 2.24) is 9.97 Å². The molecule has 1 aromatic heterocycles. The number of rotatable bonds is 4. The number of nitrogens with one attached hydrogen (secondary N) is 2. The second-order valence-electron chi connectivity index (χ2n) is 4.30. The van der Waals surface area contributed by atoms with E-state index in [0.717, 1.165) is 0 Å². The van der Waals surface area contributed by atoms with E-state index >= 15 is 0 Å². The second kappa shape index (κ2) is 4.84. The minimum absolute atomic E-state index is 0.0582. The number of nitrogens with zero attached hydrogens (tertiary/aromatic N) is 1. The minimum Gasteiger partial charge on any atom is -0.362 e. The normalized spacial score (nSPS) is 14.9. The van der Waals surface area contributed by atoms with Gasteiger partial charge in [-0.25, -0.2) is 4.98 Å². The van der Waals surface area contributed by atoms with Crippen molar-refractivity contribution in [1.29, 1.82) is 0 Å². The maximum absolute atomic E-state index is 11.3. The third-order valence-electron chi connectivity index (χ3n) is 2.90. The van der Waals surface area contributed by atoms with Gasteiger partial charge in [-0.15, -0.1) is 0 Å². The fraction of sp³-hybridized carbons (Fsp3) is 0.600. The highest BCUT2D eigenvalue weighted by molar-refractivity contribution is 6.32. The fourth-order valence-electron chi connectivity index (χ4n) is 1.17. The smallest absolute Gasteiger partial charge is 0.271 e. The van der Waals surface area contributed by atoms with Gasteiger partial charge in [-0.3, -0.25) is 4.79 Å². The lowest BCUT2D eigenvalue weighted by Gasteiger charge is -2.34. The first-order valence-corrected chi connectivity index (χ1v) is 5.50. The van der Waals surface area contributed by atoms with Crippen molar-refractivity contribution in [2.45, 2.75) is 26.3 Å². The molecule has 0 amide bonds. The van der Waals surface area contributed by atoms with Gasteiger partial charge in [0.05, 0.1) is 11.9 Å². The predicted molar refractivity (Wildman–Crippen MR) is 65.8 cm³/mol. The molecule has 1 aromatic rings. The van der Waals surface area contributed by atoms with Crippen molar-refractivity contribution in [2.24, 2.45) is 11.7 Å². The number of anilines is 1. The number of H-pyrrole nitrogens is 1. The van der Waals surface area contributed by atoms with E-state index < -0.39 is 0 Å². The van der Waals surface area contributed by atoms with Crippen molar-refractivity contribution in [3.63, 3.8) is 0 Å². The van der Waals surface area contributed by atoms with Crippen LogP contribution in [-0.2, 0) is 0 Å². The van der Waals surface area contributed by atoms with Crippen LogP contribution in [0.3, 0.4) is 0 Å². The summed E-state index contributed by atoms with van der Waals surface area (Å²) in [5.41, 5.74) is 5.02. The van der Waals surface area contributed by atoms with Gasteiger partial charge in [0.15, 0.2) is 5.82 Å². The number of nitrogens with two attached hydrogens (primary N) is 1. The standard InChI is InChI=1S/C10H17ClN4O/c1-6(2)10(3,4-12)15-8-7(11)9(16)14-5-13-8/h5-6H,4,12H2,1-3H3,(H2,13,14,15,16). The Labute approximate surface area is 99.4 Å². The quantitative estimate of drug-likeness (QED) is 0.743. The van der Waals surface area contributed by atoms with E-state index in [2.05, 4.69) is 15.3 Å². The van der Waals surface area contributed by atoms with Gasteiger partial charge in [0, 0.05) is 6.54 Å². The molecule has 0 spiro atoms. The van der Waals surface area contributed by atoms with Gasteiger partial charge >= 0.3 is 0 Å². The van der Waals surface area contributed by atoms with Crippen molar-refractivity contribution >= 4 is 17.4 Å². The van der Waals surface area contributed by atoms with Gasteiger partial charge in [-0.05, 0) is 12.8 Å². The first-order chi connectivity index (χ1) is 7.40. The minimum atomic E-state index is -0.359. The number of halogens is 1. The Morgan fingerprint density at radius 1 is 1.69 bits per heavy atom. The zero-order valence-corrected chi connectivity index (χ0v) is 10.4. The lowest BCUT2D eigenvalue weighted by atomic mass is 9.88. The Kier molecular flexibility index (Phi) is 3.93. The van der Waals surface area contributed by atoms with Crippen LogP contribution in [0.2, 0.25) is 5.02 Å². The van der Waals surface area contributed by atoms with E-state index in [0.29, 0.717) is 12.4 Å². The van der Waals surface area contributed by atoms with Crippen molar-refractivity contribution in [3.05, 3.63) is 21.7 Å². The molecule has 0 aromatic carbocycles. The highest BCUT2D eigenvalue weighted by Gasteiger charge is 2.27. The van der Waals surface area contributed by atoms with E-state index in [1.54, 1.807) is 0 Å². The molecule has 0 aliphatic rings. The molecule has 4 N–H and O–H groups in total. The van der Waals surface area contributed by atoms with Crippen LogP contribution in [-0.4, -0.2) is 22.1 Å². The summed E-state index contributed by atoms with van der Waals surface area (Å²) in [6.45, 7) is 6.48. The van der Waals surface area contributed by atoms with Crippen molar-refractivity contribution in [3.8, 4) is 0 Å². The number of aromatic nitrogens is 2. The Balaban J connectivity index is 3.04. The lowest BCUT2D eigenvalue weighted by molar-refractivity contribution is 0.381. The molecule has 0 aliphatic heterocycles. The van der Waals surface area contributed by atoms with Gasteiger partial charge in [-0.2, -0.15) is 0 Å². The summed E-state index contributed by atoms with van der Waals surface area (Å²) in [5.74, 6) is 0.654. The van der Waals surface area contributed by atoms with Crippen molar-refractivity contribution < 1.29 is 0 Å². The molecule has 1 atom stereocenters. The first kappa shape index (κ1) is 13.0. The van der Waals surface area contributed by atoms with Gasteiger partial charge < -0.3 is 16.0 Å². The van der Waals surface area contributed by atoms with Crippen LogP contribution in [0, 0.1) is 5.92 Å². The van der Waals surface area contributed by atoms with E-state index in [-0.39, 0.29) is 22.0 Å². The summed E-state index contributed by atoms with van der Waals surface area (Å²) in [5, 5.41) is 3.18. The highest BCUT2D eigenvalue weighted by atomic mass is 35.5. The lowest BCUT2D eigenvalue weighted by Crippen LogP contribution is -2.47. The topological polar surface area (TPSA) is 83.8 Å². The predicted octanol–water partition coefficient (Wildman–Crippen LogP) is 1.21. The Bertz CT molecular complexity index is 418. The summed E-state index contributed by atoms with van der Waals surface area (Å²) in [4.78, 5) is 17.7. The first-order valence-electron chi connectivity index (χ1n) is 5.12. The van der Waals surface area contributed by atoms with Gasteiger partial charge in [-0.1, -0.05) is 25.4 Å². The maximum Gasteiger partial charge on any atom is 0.271 e. The molecular formula is C10H17ClN4O. The Morgan fingerprint density at radius 3 is 2.81 bits per heavy atom. The van der Waals surface area contributed by atoms with Crippen LogP contribution in [0.1, 0.15) is 20.8 Å². The Hall–Kier alpha value is -1.07. The SMILES string of the molecule is CC(C)C(C)(CN)Nc1nc[nH]c(=O)c1Cl. The molecule has 1 rings (SSSR count). The number of hydrogen-bond donors (Lipinski definition) is 3. The summed E-state index contributed by atoms with van der Waals surface area (Å²) in [6.07, 6.45) is 1.31. The van der Waals surface area contributed by atoms with Gasteiger partial charge in [0.1, 0.15) is 5.02 Å². The molecule has 0 fully saturated rings. The number of aromatic amines is 1. The molecule has 1 unspecified atom stereocenters. The average molecular weight is 245 g/mol. The third kappa shape index (κ3) is 2.54. The summed E-state index contributed by atoms with van der Waals surface area (Å²) >= 11 is 5.85. The largest absolute Gasteiger partial charge is 0.362 e.